The topological polar surface area (TPSA) is 180 Å². The van der Waals surface area contributed by atoms with Crippen LogP contribution in [0, 0.1) is 0 Å². The molecule has 1 aliphatic heterocycles. The van der Waals surface area contributed by atoms with Crippen LogP contribution in [0.15, 0.2) is 72.8 Å². The summed E-state index contributed by atoms with van der Waals surface area (Å²) < 4.78 is 42.2. The first kappa shape index (κ1) is 69.8. The van der Waals surface area contributed by atoms with Crippen molar-refractivity contribution in [1.82, 2.24) is 0 Å². The number of benzene rings is 6. The lowest BCUT2D eigenvalue weighted by Gasteiger charge is -2.28. The van der Waals surface area contributed by atoms with Crippen molar-refractivity contribution in [3.05, 3.63) is 173 Å². The Labute approximate surface area is 541 Å². The van der Waals surface area contributed by atoms with Gasteiger partial charge in [-0.2, -0.15) is 0 Å². The van der Waals surface area contributed by atoms with Gasteiger partial charge < -0.3 is 53.6 Å². The average Bonchev–Trinajstić information content (AvgIpc) is 0.846. The average molecular weight is 1250 g/mol. The van der Waals surface area contributed by atoms with E-state index in [9.17, 15) is 30.0 Å². The summed E-state index contributed by atoms with van der Waals surface area (Å²) in [4.78, 5) is 27.8. The minimum atomic E-state index is -0.604. The number of ether oxygens (including phenoxy) is 7. The summed E-state index contributed by atoms with van der Waals surface area (Å²) in [6.07, 6.45) is 1.05. The van der Waals surface area contributed by atoms with Gasteiger partial charge in [0.05, 0.1) is 39.6 Å². The molecule has 6 aromatic carbocycles. The van der Waals surface area contributed by atoms with Crippen LogP contribution in [0.2, 0.25) is 0 Å². The Kier molecular flexibility index (Phi) is 21.2. The third kappa shape index (κ3) is 17.8. The van der Waals surface area contributed by atoms with Gasteiger partial charge in [-0.15, -0.1) is 0 Å². The second-order valence-corrected chi connectivity index (χ2v) is 31.2. The largest absolute Gasteiger partial charge is 0.507 e. The maximum atomic E-state index is 13.9. The SMILES string of the molecule is CC(C)(C)c1cc2c(O)c(c1)Cc1cc(C(C)(C)C)cc(c1O)Cc1cc(C(C)(C)C)cc3c1OCC(=O)OCCOCCOCCOCCOC(=O)COc1c(cc(C(C)(C)C)cc1C3)Cc1cc(C(C)(C)C)cc(c1O)Cc1cc(C(C)(C)C)cc(c1O)C2. The molecule has 0 saturated heterocycles. The second-order valence-electron chi connectivity index (χ2n) is 31.2. The zero-order chi connectivity index (χ0) is 66.8. The van der Waals surface area contributed by atoms with E-state index in [4.69, 9.17) is 33.2 Å². The number of phenolic OH excluding ortho intramolecular Hbond substituents is 4. The molecule has 14 bridgehead atoms. The highest BCUT2D eigenvalue weighted by Gasteiger charge is 2.31. The van der Waals surface area contributed by atoms with E-state index in [1.165, 1.54) is 0 Å². The number of fused-ring (bicyclic) bond motifs is 8. The lowest BCUT2D eigenvalue weighted by Crippen LogP contribution is -2.21. The molecule has 0 amide bonds. The van der Waals surface area contributed by atoms with Crippen molar-refractivity contribution < 1.29 is 63.2 Å². The number of esters is 2. The smallest absolute Gasteiger partial charge is 0.344 e. The number of hydrogen-bond acceptors (Lipinski definition) is 13. The molecule has 1 heterocycles. The van der Waals surface area contributed by atoms with Crippen molar-refractivity contribution in [3.63, 3.8) is 0 Å². The molecule has 2 aliphatic rings. The van der Waals surface area contributed by atoms with Crippen LogP contribution in [0.1, 0.15) is 225 Å². The molecule has 8 rings (SSSR count). The number of rotatable bonds is 0. The van der Waals surface area contributed by atoms with Gasteiger partial charge in [-0.25, -0.2) is 9.59 Å². The lowest BCUT2D eigenvalue weighted by molar-refractivity contribution is -0.148. The monoisotopic (exact) mass is 1250 g/mol. The fourth-order valence-corrected chi connectivity index (χ4v) is 11.7. The summed E-state index contributed by atoms with van der Waals surface area (Å²) in [5, 5.41) is 51.4. The minimum Gasteiger partial charge on any atom is -0.507 e. The maximum Gasteiger partial charge on any atom is 0.344 e. The summed E-state index contributed by atoms with van der Waals surface area (Å²) in [7, 11) is 0. The second kappa shape index (κ2) is 27.6. The molecule has 0 spiro atoms. The minimum absolute atomic E-state index is 0.00912. The Morgan fingerprint density at radius 3 is 0.615 bits per heavy atom. The summed E-state index contributed by atoms with van der Waals surface area (Å²) in [5.74, 6) is -0.104. The molecule has 0 unspecified atom stereocenters. The first-order chi connectivity index (χ1) is 42.3. The summed E-state index contributed by atoms with van der Waals surface area (Å²) in [5.41, 5.74) is 11.3. The Hall–Kier alpha value is -7.06. The molecule has 0 aromatic heterocycles. The normalized spacial score (nSPS) is 16.2. The molecule has 0 saturated carbocycles. The van der Waals surface area contributed by atoms with Crippen molar-refractivity contribution >= 4 is 11.9 Å². The number of carbonyl (C=O) groups is 2. The van der Waals surface area contributed by atoms with E-state index >= 15 is 0 Å². The van der Waals surface area contributed by atoms with Gasteiger partial charge in [0.2, 0.25) is 0 Å². The van der Waals surface area contributed by atoms with Crippen molar-refractivity contribution in [1.29, 1.82) is 0 Å². The van der Waals surface area contributed by atoms with Crippen molar-refractivity contribution in [2.24, 2.45) is 0 Å². The molecule has 492 valence electrons. The number of hydrogen-bond donors (Lipinski definition) is 4. The van der Waals surface area contributed by atoms with Crippen molar-refractivity contribution in [2.75, 3.05) is 66.1 Å². The van der Waals surface area contributed by atoms with E-state index in [1.807, 2.05) is 48.5 Å². The van der Waals surface area contributed by atoms with Gasteiger partial charge >= 0.3 is 11.9 Å². The number of phenols is 4. The molecule has 0 fully saturated rings. The van der Waals surface area contributed by atoms with Gasteiger partial charge in [0.25, 0.3) is 0 Å². The zero-order valence-electron chi connectivity index (χ0n) is 57.7. The summed E-state index contributed by atoms with van der Waals surface area (Å²) in [6, 6.07) is 24.7. The highest BCUT2D eigenvalue weighted by molar-refractivity contribution is 5.72. The highest BCUT2D eigenvalue weighted by Crippen LogP contribution is 2.46. The van der Waals surface area contributed by atoms with Crippen molar-refractivity contribution in [2.45, 2.75) is 196 Å². The first-order valence-corrected chi connectivity index (χ1v) is 32.4. The van der Waals surface area contributed by atoms with Crippen LogP contribution < -0.4 is 9.47 Å². The predicted octanol–water partition coefficient (Wildman–Crippen LogP) is 15.1. The van der Waals surface area contributed by atoms with Crippen LogP contribution in [-0.4, -0.2) is 98.4 Å². The Morgan fingerprint density at radius 2 is 0.418 bits per heavy atom. The maximum absolute atomic E-state index is 13.9. The van der Waals surface area contributed by atoms with Crippen LogP contribution >= 0.6 is 0 Å². The van der Waals surface area contributed by atoms with E-state index in [0.717, 1.165) is 33.4 Å². The zero-order valence-corrected chi connectivity index (χ0v) is 57.7. The van der Waals surface area contributed by atoms with Gasteiger partial charge in [-0.05, 0) is 133 Å². The van der Waals surface area contributed by atoms with Crippen LogP contribution in [0.25, 0.3) is 0 Å². The molecule has 0 radical (unpaired) electrons. The summed E-state index contributed by atoms with van der Waals surface area (Å²) in [6.45, 7) is 39.0. The number of aromatic hydroxyl groups is 4. The van der Waals surface area contributed by atoms with E-state index in [2.05, 4.69) is 149 Å². The molecule has 13 heteroatoms. The van der Waals surface area contributed by atoms with Gasteiger partial charge in [-0.3, -0.25) is 0 Å². The molecule has 13 nitrogen and oxygen atoms in total. The fourth-order valence-electron chi connectivity index (χ4n) is 11.7. The predicted molar refractivity (Wildman–Crippen MR) is 360 cm³/mol. The van der Waals surface area contributed by atoms with Gasteiger partial charge in [0.1, 0.15) is 47.7 Å². The highest BCUT2D eigenvalue weighted by atomic mass is 16.6. The Morgan fingerprint density at radius 1 is 0.253 bits per heavy atom. The Balaban J connectivity index is 1.48. The quantitative estimate of drug-likeness (QED) is 0.106. The third-order valence-corrected chi connectivity index (χ3v) is 17.4. The molecule has 1 aliphatic carbocycles. The van der Waals surface area contributed by atoms with E-state index in [0.29, 0.717) is 91.5 Å². The van der Waals surface area contributed by atoms with Gasteiger partial charge in [-0.1, -0.05) is 197 Å². The number of cyclic esters (lactones) is 2. The Bertz CT molecular complexity index is 3390. The molecular weight excluding hydrogens is 1140 g/mol. The van der Waals surface area contributed by atoms with Gasteiger partial charge in [0.15, 0.2) is 13.2 Å². The molecule has 91 heavy (non-hydrogen) atoms. The number of carbonyl (C=O) groups excluding carboxylic acids is 2. The van der Waals surface area contributed by atoms with Gasteiger partial charge in [0, 0.05) is 38.5 Å². The van der Waals surface area contributed by atoms with Crippen LogP contribution in [0.4, 0.5) is 0 Å². The van der Waals surface area contributed by atoms with Crippen LogP contribution in [0.3, 0.4) is 0 Å². The third-order valence-electron chi connectivity index (χ3n) is 17.4. The first-order valence-electron chi connectivity index (χ1n) is 32.4. The molecule has 0 atom stereocenters. The molecular formula is C78H102O13. The fraction of sp³-hybridized carbons (Fsp3) is 0.513. The molecule has 4 N–H and O–H groups in total. The standard InChI is InChI=1S/C78H102O13/c1-73(2,3)59-33-47-27-48-34-60(74(4,5)6)36-50(68(48)82)29-52-38-62(76(10,11)12)40-54(70(52)84)31-56-42-64(78(16,17)18)44-58-32-57-43-63(77(13,14)15)41-55(30-53-39-61(75(7,8)9)37-51(69(53)83)28-49(35-59)67(47)81)71(57)90-45-65(79)88-25-23-86-21-19-85-20-22-87-24-26-89-66(80)46-91-72(56)58/h33-44,81-84H,19-32,45-46H2,1-18H3. The van der Waals surface area contributed by atoms with Crippen molar-refractivity contribution in [3.8, 4) is 34.5 Å². The van der Waals surface area contributed by atoms with Crippen LogP contribution in [-0.2, 0) is 104 Å². The summed E-state index contributed by atoms with van der Waals surface area (Å²) >= 11 is 0. The van der Waals surface area contributed by atoms with E-state index in [1.54, 1.807) is 0 Å². The molecule has 6 aromatic rings. The van der Waals surface area contributed by atoms with Crippen LogP contribution in [0.5, 0.6) is 34.5 Å². The van der Waals surface area contributed by atoms with E-state index in [-0.39, 0.29) is 123 Å². The lowest BCUT2D eigenvalue weighted by atomic mass is 9.79. The van der Waals surface area contributed by atoms with E-state index < -0.39 is 36.0 Å².